The van der Waals surface area contributed by atoms with Gasteiger partial charge in [-0.2, -0.15) is 0 Å². The third kappa shape index (κ3) is 4.69. The molecule has 0 aliphatic heterocycles. The first-order valence-corrected chi connectivity index (χ1v) is 18.7. The molecular weight excluding hydrogens is 689 g/mol. The van der Waals surface area contributed by atoms with Gasteiger partial charge < -0.3 is 18.6 Å². The van der Waals surface area contributed by atoms with E-state index >= 15 is 0 Å². The van der Waals surface area contributed by atoms with E-state index in [2.05, 4.69) is 137 Å². The summed E-state index contributed by atoms with van der Waals surface area (Å²) in [6, 6.07) is 59.0. The average Bonchev–Trinajstić information content (AvgIpc) is 3.81. The second-order valence-electron chi connectivity index (χ2n) is 14.3. The Morgan fingerprint density at radius 1 is 0.321 bits per heavy atom. The predicted molar refractivity (Wildman–Crippen MR) is 230 cm³/mol. The Balaban J connectivity index is 1.01. The zero-order valence-electron chi connectivity index (χ0n) is 29.9. The number of para-hydroxylation sites is 4. The zero-order chi connectivity index (χ0) is 36.7. The molecule has 0 aliphatic rings. The Hall–Kier alpha value is -7.70. The van der Waals surface area contributed by atoms with Crippen molar-refractivity contribution in [2.45, 2.75) is 0 Å². The molecule has 0 saturated carbocycles. The maximum atomic E-state index is 6.33. The lowest BCUT2D eigenvalue weighted by Gasteiger charge is -2.27. The maximum Gasteiger partial charge on any atom is 0.137 e. The lowest BCUT2D eigenvalue weighted by Crippen LogP contribution is -2.10. The van der Waals surface area contributed by atoms with E-state index in [1.165, 1.54) is 0 Å². The molecule has 6 heteroatoms. The summed E-state index contributed by atoms with van der Waals surface area (Å²) in [6.45, 7) is 0. The van der Waals surface area contributed by atoms with Crippen LogP contribution in [0.4, 0.5) is 34.1 Å². The van der Waals surface area contributed by atoms with E-state index < -0.39 is 0 Å². The highest BCUT2D eigenvalue weighted by molar-refractivity contribution is 6.22. The summed E-state index contributed by atoms with van der Waals surface area (Å²) in [6.07, 6.45) is 3.99. The molecule has 4 aromatic heterocycles. The molecule has 12 rings (SSSR count). The molecule has 0 radical (unpaired) electrons. The topological polar surface area (TPSA) is 58.5 Å². The van der Waals surface area contributed by atoms with Gasteiger partial charge in [-0.3, -0.25) is 9.97 Å². The Bertz CT molecular complexity index is 3150. The number of pyridine rings is 2. The highest BCUT2D eigenvalue weighted by atomic mass is 16.3. The van der Waals surface area contributed by atoms with Crippen LogP contribution < -0.4 is 9.80 Å². The Labute approximate surface area is 320 Å². The van der Waals surface area contributed by atoms with Crippen molar-refractivity contribution in [3.63, 3.8) is 0 Å². The molecule has 0 N–H and O–H groups in total. The van der Waals surface area contributed by atoms with Crippen LogP contribution in [0.5, 0.6) is 0 Å². The van der Waals surface area contributed by atoms with Gasteiger partial charge in [0.1, 0.15) is 22.3 Å². The van der Waals surface area contributed by atoms with Crippen molar-refractivity contribution in [2.75, 3.05) is 9.80 Å². The van der Waals surface area contributed by atoms with Crippen LogP contribution in [0, 0.1) is 0 Å². The molecule has 8 aromatic carbocycles. The van der Waals surface area contributed by atoms with E-state index in [-0.39, 0.29) is 0 Å². The Kier molecular flexibility index (Phi) is 6.53. The molecule has 0 bridgehead atoms. The fourth-order valence-corrected chi connectivity index (χ4v) is 8.51. The van der Waals surface area contributed by atoms with Crippen molar-refractivity contribution in [1.82, 2.24) is 9.97 Å². The number of fused-ring (bicyclic) bond motifs is 6. The van der Waals surface area contributed by atoms with Gasteiger partial charge in [-0.1, -0.05) is 72.8 Å². The second kappa shape index (κ2) is 11.9. The number of hydrogen-bond donors (Lipinski definition) is 0. The molecule has 0 unspecified atom stereocenters. The summed E-state index contributed by atoms with van der Waals surface area (Å²) in [4.78, 5) is 14.7. The fraction of sp³-hybridized carbons (Fsp3) is 0. The first kappa shape index (κ1) is 30.7. The lowest BCUT2D eigenvalue weighted by atomic mass is 9.99. The van der Waals surface area contributed by atoms with E-state index in [0.717, 1.165) is 111 Å². The maximum absolute atomic E-state index is 6.33. The van der Waals surface area contributed by atoms with E-state index in [4.69, 9.17) is 18.8 Å². The van der Waals surface area contributed by atoms with Gasteiger partial charge >= 0.3 is 0 Å². The van der Waals surface area contributed by atoms with Crippen molar-refractivity contribution in [2.24, 2.45) is 0 Å². The minimum atomic E-state index is 0.844. The van der Waals surface area contributed by atoms with Gasteiger partial charge in [-0.25, -0.2) is 0 Å². The highest BCUT2D eigenvalue weighted by Gasteiger charge is 2.21. The molecule has 262 valence electrons. The van der Waals surface area contributed by atoms with Gasteiger partial charge in [-0.05, 0) is 84.9 Å². The van der Waals surface area contributed by atoms with Crippen LogP contribution in [-0.2, 0) is 0 Å². The number of anilines is 6. The smallest absolute Gasteiger partial charge is 0.137 e. The summed E-state index contributed by atoms with van der Waals surface area (Å²) >= 11 is 0. The lowest BCUT2D eigenvalue weighted by molar-refractivity contribution is 0.668. The number of furan rings is 2. The normalized spacial score (nSPS) is 11.9. The summed E-state index contributed by atoms with van der Waals surface area (Å²) in [5.74, 6) is 0. The van der Waals surface area contributed by atoms with Gasteiger partial charge in [0.05, 0.1) is 16.7 Å². The zero-order valence-corrected chi connectivity index (χ0v) is 29.9. The van der Waals surface area contributed by atoms with Crippen LogP contribution in [0.15, 0.2) is 191 Å². The Morgan fingerprint density at radius 3 is 1.25 bits per heavy atom. The van der Waals surface area contributed by atoms with Crippen LogP contribution in [0.2, 0.25) is 0 Å². The monoisotopic (exact) mass is 718 g/mol. The first-order valence-electron chi connectivity index (χ1n) is 18.7. The SMILES string of the molecule is c1ccc(N(c2cc3cnc4cc(N(c5ccccc5)c5ccc6c(c5)oc5ccccc56)cc5ncc(c2)c3c45)c2ccc3c(c2)oc2ccccc23)cc1. The minimum Gasteiger partial charge on any atom is -0.456 e. The molecule has 12 aromatic rings. The number of aromatic nitrogens is 2. The summed E-state index contributed by atoms with van der Waals surface area (Å²) in [7, 11) is 0. The van der Waals surface area contributed by atoms with Crippen LogP contribution in [0.1, 0.15) is 0 Å². The van der Waals surface area contributed by atoms with E-state index in [1.54, 1.807) is 0 Å². The van der Waals surface area contributed by atoms with Crippen LogP contribution in [-0.4, -0.2) is 9.97 Å². The van der Waals surface area contributed by atoms with Crippen LogP contribution >= 0.6 is 0 Å². The van der Waals surface area contributed by atoms with Crippen molar-refractivity contribution in [3.8, 4) is 0 Å². The van der Waals surface area contributed by atoms with Gasteiger partial charge in [0.2, 0.25) is 0 Å². The van der Waals surface area contributed by atoms with Gasteiger partial charge in [0, 0.05) is 96.1 Å². The molecule has 0 amide bonds. The highest BCUT2D eigenvalue weighted by Crippen LogP contribution is 2.44. The summed E-state index contributed by atoms with van der Waals surface area (Å²) < 4.78 is 12.7. The number of hydrogen-bond acceptors (Lipinski definition) is 6. The standard InChI is InChI=1S/C50H30N4O2/c1-3-11-33(12-4-1)53(35-19-21-41-39-15-7-9-17-45(39)55-47(41)27-35)37-23-31-29-51-43-25-38(26-44-50(43)49(31)32(24-37)30-52-44)54(34-13-5-2-6-14-34)36-20-22-42-40-16-8-10-18-46(40)56-48(42)28-36/h1-30H. The van der Waals surface area contributed by atoms with Crippen molar-refractivity contribution < 1.29 is 8.83 Å². The molecule has 0 spiro atoms. The van der Waals surface area contributed by atoms with Crippen LogP contribution in [0.3, 0.4) is 0 Å². The third-order valence-electron chi connectivity index (χ3n) is 11.0. The molecule has 6 nitrogen and oxygen atoms in total. The van der Waals surface area contributed by atoms with Gasteiger partial charge in [-0.15, -0.1) is 0 Å². The first-order chi connectivity index (χ1) is 27.7. The fourth-order valence-electron chi connectivity index (χ4n) is 8.51. The minimum absolute atomic E-state index is 0.844. The van der Waals surface area contributed by atoms with E-state index in [9.17, 15) is 0 Å². The number of benzene rings is 8. The molecule has 0 saturated heterocycles. The van der Waals surface area contributed by atoms with Gasteiger partial charge in [0.25, 0.3) is 0 Å². The molecule has 4 heterocycles. The van der Waals surface area contributed by atoms with Crippen molar-refractivity contribution in [3.05, 3.63) is 182 Å². The summed E-state index contributed by atoms with van der Waals surface area (Å²) in [5, 5.41) is 8.70. The predicted octanol–water partition coefficient (Wildman–Crippen LogP) is 14.1. The largest absolute Gasteiger partial charge is 0.456 e. The summed E-state index contributed by atoms with van der Waals surface area (Å²) in [5.41, 5.74) is 11.3. The Morgan fingerprint density at radius 2 is 0.750 bits per heavy atom. The quantitative estimate of drug-likeness (QED) is 0.160. The molecule has 0 fully saturated rings. The number of nitrogens with zero attached hydrogens (tertiary/aromatic N) is 4. The van der Waals surface area contributed by atoms with Crippen molar-refractivity contribution in [1.29, 1.82) is 0 Å². The molecular formula is C50H30N4O2. The molecule has 56 heavy (non-hydrogen) atoms. The molecule has 0 atom stereocenters. The molecule has 0 aliphatic carbocycles. The third-order valence-corrected chi connectivity index (χ3v) is 11.0. The van der Waals surface area contributed by atoms with E-state index in [1.807, 2.05) is 54.9 Å². The number of rotatable bonds is 6. The average molecular weight is 719 g/mol. The van der Waals surface area contributed by atoms with Gasteiger partial charge in [0.15, 0.2) is 0 Å². The van der Waals surface area contributed by atoms with Crippen LogP contribution in [0.25, 0.3) is 76.5 Å². The van der Waals surface area contributed by atoms with Crippen molar-refractivity contribution >= 4 is 111 Å². The van der Waals surface area contributed by atoms with E-state index in [0.29, 0.717) is 0 Å². The second-order valence-corrected chi connectivity index (χ2v) is 14.3.